The number of nitrogens with zero attached hydrogens (tertiary/aromatic N) is 2. The predicted octanol–water partition coefficient (Wildman–Crippen LogP) is -0.512. The number of aliphatic hydroxyl groups is 1. The van der Waals surface area contributed by atoms with Gasteiger partial charge in [0.1, 0.15) is 5.82 Å². The number of hydrogen-bond acceptors (Lipinski definition) is 5. The lowest BCUT2D eigenvalue weighted by atomic mass is 10.2. The summed E-state index contributed by atoms with van der Waals surface area (Å²) in [4.78, 5) is 6.61. The third kappa shape index (κ3) is 2.56. The van der Waals surface area contributed by atoms with Crippen molar-refractivity contribution in [2.75, 3.05) is 19.7 Å². The monoisotopic (exact) mass is 275 g/mol. The highest BCUT2D eigenvalue weighted by atomic mass is 32.2. The molecule has 0 bridgehead atoms. The van der Waals surface area contributed by atoms with E-state index in [-0.39, 0.29) is 30.8 Å². The van der Waals surface area contributed by atoms with Crippen molar-refractivity contribution in [3.63, 3.8) is 0 Å². The van der Waals surface area contributed by atoms with Gasteiger partial charge in [-0.2, -0.15) is 4.31 Å². The number of sulfonamides is 1. The first-order chi connectivity index (χ1) is 8.43. The third-order valence-electron chi connectivity index (χ3n) is 2.79. The van der Waals surface area contributed by atoms with Gasteiger partial charge in [0.25, 0.3) is 10.0 Å². The van der Waals surface area contributed by atoms with Crippen molar-refractivity contribution in [1.29, 1.82) is 0 Å². The first kappa shape index (κ1) is 13.5. The molecule has 2 unspecified atom stereocenters. The molecule has 1 aliphatic rings. The van der Waals surface area contributed by atoms with E-state index in [1.165, 1.54) is 10.5 Å². The number of H-pyrrole nitrogens is 1. The first-order valence-corrected chi connectivity index (χ1v) is 7.15. The summed E-state index contributed by atoms with van der Waals surface area (Å²) < 4.78 is 31.4. The van der Waals surface area contributed by atoms with Crippen molar-refractivity contribution in [3.8, 4) is 0 Å². The molecule has 2 atom stereocenters. The minimum absolute atomic E-state index is 0.0748. The van der Waals surface area contributed by atoms with Gasteiger partial charge in [0, 0.05) is 13.1 Å². The molecule has 0 aliphatic carbocycles. The maximum Gasteiger partial charge on any atom is 0.260 e. The van der Waals surface area contributed by atoms with Gasteiger partial charge >= 0.3 is 0 Å². The minimum atomic E-state index is -3.59. The van der Waals surface area contributed by atoms with E-state index in [9.17, 15) is 8.42 Å². The molecule has 1 fully saturated rings. The highest BCUT2D eigenvalue weighted by Gasteiger charge is 2.34. The van der Waals surface area contributed by atoms with E-state index in [0.717, 1.165) is 0 Å². The molecule has 0 radical (unpaired) electrons. The summed E-state index contributed by atoms with van der Waals surface area (Å²) in [5.41, 5.74) is 0. The fourth-order valence-electron chi connectivity index (χ4n) is 1.97. The summed E-state index contributed by atoms with van der Waals surface area (Å²) in [6.45, 7) is 3.70. The molecule has 0 saturated carbocycles. The number of imidazole rings is 1. The van der Waals surface area contributed by atoms with Crippen LogP contribution in [0.5, 0.6) is 0 Å². The number of aromatic amines is 1. The topological polar surface area (TPSA) is 95.5 Å². The minimum Gasteiger partial charge on any atom is -0.394 e. The average molecular weight is 275 g/mol. The second-order valence-electron chi connectivity index (χ2n) is 4.41. The van der Waals surface area contributed by atoms with Crippen LogP contribution in [0.1, 0.15) is 12.7 Å². The fraction of sp³-hybridized carbons (Fsp3) is 0.700. The van der Waals surface area contributed by atoms with Crippen molar-refractivity contribution < 1.29 is 18.3 Å². The van der Waals surface area contributed by atoms with Crippen LogP contribution in [-0.4, -0.2) is 59.7 Å². The number of hydrogen-bond donors (Lipinski definition) is 2. The fourth-order valence-corrected chi connectivity index (χ4v) is 3.48. The summed E-state index contributed by atoms with van der Waals surface area (Å²) in [6, 6.07) is 0. The summed E-state index contributed by atoms with van der Waals surface area (Å²) in [5.74, 6) is 0.550. The van der Waals surface area contributed by atoms with E-state index in [1.54, 1.807) is 13.8 Å². The Kier molecular flexibility index (Phi) is 3.71. The van der Waals surface area contributed by atoms with Crippen molar-refractivity contribution >= 4 is 10.0 Å². The second-order valence-corrected chi connectivity index (χ2v) is 6.31. The smallest absolute Gasteiger partial charge is 0.260 e. The number of aliphatic hydroxyl groups excluding tert-OH is 1. The lowest BCUT2D eigenvalue weighted by Gasteiger charge is -2.34. The van der Waals surface area contributed by atoms with E-state index < -0.39 is 16.1 Å². The largest absolute Gasteiger partial charge is 0.394 e. The Morgan fingerprint density at radius 2 is 2.33 bits per heavy atom. The highest BCUT2D eigenvalue weighted by Crippen LogP contribution is 2.19. The summed E-state index contributed by atoms with van der Waals surface area (Å²) in [7, 11) is -3.59. The maximum absolute atomic E-state index is 12.3. The number of morpholine rings is 1. The summed E-state index contributed by atoms with van der Waals surface area (Å²) in [5, 5.41) is 9.18. The van der Waals surface area contributed by atoms with Gasteiger partial charge in [0.2, 0.25) is 0 Å². The van der Waals surface area contributed by atoms with E-state index in [2.05, 4.69) is 9.97 Å². The molecule has 2 rings (SSSR count). The molecule has 102 valence electrons. The highest BCUT2D eigenvalue weighted by molar-refractivity contribution is 7.89. The third-order valence-corrected chi connectivity index (χ3v) is 4.54. The molecular weight excluding hydrogens is 258 g/mol. The molecule has 7 nitrogen and oxygen atoms in total. The Morgan fingerprint density at radius 1 is 1.61 bits per heavy atom. The van der Waals surface area contributed by atoms with Gasteiger partial charge in [0.05, 0.1) is 25.0 Å². The lowest BCUT2D eigenvalue weighted by molar-refractivity contribution is -0.0750. The molecule has 1 aromatic heterocycles. The Hall–Kier alpha value is -0.960. The van der Waals surface area contributed by atoms with Gasteiger partial charge in [0.15, 0.2) is 5.03 Å². The van der Waals surface area contributed by atoms with Crippen LogP contribution >= 0.6 is 0 Å². The Bertz CT molecular complexity index is 513. The van der Waals surface area contributed by atoms with Gasteiger partial charge in [-0.05, 0) is 13.8 Å². The van der Waals surface area contributed by atoms with Gasteiger partial charge < -0.3 is 14.8 Å². The van der Waals surface area contributed by atoms with Gasteiger partial charge in [-0.15, -0.1) is 0 Å². The molecule has 18 heavy (non-hydrogen) atoms. The van der Waals surface area contributed by atoms with Crippen LogP contribution in [0.4, 0.5) is 0 Å². The van der Waals surface area contributed by atoms with Crippen LogP contribution < -0.4 is 0 Å². The van der Waals surface area contributed by atoms with Crippen LogP contribution in [0.25, 0.3) is 0 Å². The zero-order chi connectivity index (χ0) is 13.3. The average Bonchev–Trinajstić information content (AvgIpc) is 2.75. The molecule has 0 aromatic carbocycles. The number of rotatable bonds is 3. The van der Waals surface area contributed by atoms with Crippen LogP contribution in [0, 0.1) is 6.92 Å². The summed E-state index contributed by atoms with van der Waals surface area (Å²) >= 11 is 0. The SMILES string of the molecule is Cc1ncc(S(=O)(=O)N2CC(C)OC(CO)C2)[nH]1. The molecule has 1 saturated heterocycles. The Morgan fingerprint density at radius 3 is 2.89 bits per heavy atom. The lowest BCUT2D eigenvalue weighted by Crippen LogP contribution is -2.50. The van der Waals surface area contributed by atoms with Crippen LogP contribution in [0.15, 0.2) is 11.2 Å². The predicted molar refractivity (Wildman–Crippen MR) is 63.5 cm³/mol. The molecule has 1 aliphatic heterocycles. The zero-order valence-electron chi connectivity index (χ0n) is 10.3. The van der Waals surface area contributed by atoms with E-state index >= 15 is 0 Å². The molecular formula is C10H17N3O4S. The van der Waals surface area contributed by atoms with Gasteiger partial charge in [-0.3, -0.25) is 0 Å². The van der Waals surface area contributed by atoms with E-state index in [0.29, 0.717) is 5.82 Å². The molecule has 2 heterocycles. The maximum atomic E-state index is 12.3. The quantitative estimate of drug-likeness (QED) is 0.774. The van der Waals surface area contributed by atoms with Crippen molar-refractivity contribution in [2.45, 2.75) is 31.1 Å². The number of aromatic nitrogens is 2. The first-order valence-electron chi connectivity index (χ1n) is 5.71. The number of nitrogens with one attached hydrogen (secondary N) is 1. The normalized spacial score (nSPS) is 26.4. The van der Waals surface area contributed by atoms with Gasteiger partial charge in [-0.1, -0.05) is 0 Å². The molecule has 1 aromatic rings. The molecule has 8 heteroatoms. The standard InChI is InChI=1S/C10H17N3O4S/c1-7-4-13(5-9(6-14)17-7)18(15,16)10-3-11-8(2)12-10/h3,7,9,14H,4-6H2,1-2H3,(H,11,12). The van der Waals surface area contributed by atoms with E-state index in [1.807, 2.05) is 0 Å². The van der Waals surface area contributed by atoms with Crippen molar-refractivity contribution in [1.82, 2.24) is 14.3 Å². The Labute approximate surface area is 106 Å². The summed E-state index contributed by atoms with van der Waals surface area (Å²) in [6.07, 6.45) is 0.584. The van der Waals surface area contributed by atoms with Gasteiger partial charge in [-0.25, -0.2) is 13.4 Å². The van der Waals surface area contributed by atoms with E-state index in [4.69, 9.17) is 9.84 Å². The van der Waals surface area contributed by atoms with Crippen LogP contribution in [0.3, 0.4) is 0 Å². The second kappa shape index (κ2) is 4.96. The molecule has 2 N–H and O–H groups in total. The van der Waals surface area contributed by atoms with Crippen LogP contribution in [0.2, 0.25) is 0 Å². The zero-order valence-corrected chi connectivity index (χ0v) is 11.1. The van der Waals surface area contributed by atoms with Crippen LogP contribution in [-0.2, 0) is 14.8 Å². The van der Waals surface area contributed by atoms with Crippen molar-refractivity contribution in [2.24, 2.45) is 0 Å². The van der Waals surface area contributed by atoms with Crippen molar-refractivity contribution in [3.05, 3.63) is 12.0 Å². The molecule has 0 spiro atoms. The number of ether oxygens (including phenoxy) is 1. The molecule has 0 amide bonds. The number of aryl methyl sites for hydroxylation is 1. The Balaban J connectivity index is 2.24.